The van der Waals surface area contributed by atoms with Crippen molar-refractivity contribution in [2.75, 3.05) is 0 Å². The minimum Gasteiger partial charge on any atom is -0.294 e. The fraction of sp³-hybridized carbons (Fsp3) is 0.400. The van der Waals surface area contributed by atoms with Gasteiger partial charge in [0.25, 0.3) is 0 Å². The molecule has 4 heteroatoms. The molecule has 0 radical (unpaired) electrons. The molecule has 0 aromatic carbocycles. The van der Waals surface area contributed by atoms with E-state index in [1.165, 1.54) is 0 Å². The smallest absolute Gasteiger partial charge is 0.169 e. The first kappa shape index (κ1) is 15.6. The zero-order valence-corrected chi connectivity index (χ0v) is 12.4. The number of ketones is 2. The number of pyridine rings is 1. The van der Waals surface area contributed by atoms with Gasteiger partial charge in [-0.15, -0.1) is 12.4 Å². The molecule has 0 amide bonds. The van der Waals surface area contributed by atoms with Crippen LogP contribution in [0.5, 0.6) is 0 Å². The zero-order chi connectivity index (χ0) is 13.5. The van der Waals surface area contributed by atoms with Crippen molar-refractivity contribution in [2.24, 2.45) is 5.92 Å². The Bertz CT molecular complexity index is 551. The molecule has 1 heterocycles. The Labute approximate surface area is 119 Å². The van der Waals surface area contributed by atoms with E-state index in [0.29, 0.717) is 11.1 Å². The summed E-state index contributed by atoms with van der Waals surface area (Å²) in [7, 11) is 0. The molecule has 1 aromatic heterocycles. The van der Waals surface area contributed by atoms with Crippen LogP contribution in [-0.2, 0) is 15.0 Å². The van der Waals surface area contributed by atoms with Gasteiger partial charge in [0, 0.05) is 18.3 Å². The highest BCUT2D eigenvalue weighted by atomic mass is 35.5. The Kier molecular flexibility index (Phi) is 4.31. The van der Waals surface area contributed by atoms with Gasteiger partial charge in [0.2, 0.25) is 0 Å². The van der Waals surface area contributed by atoms with Crippen LogP contribution >= 0.6 is 12.4 Å². The van der Waals surface area contributed by atoms with E-state index in [1.54, 1.807) is 32.3 Å². The van der Waals surface area contributed by atoms with Crippen molar-refractivity contribution in [2.45, 2.75) is 33.1 Å². The maximum absolute atomic E-state index is 12.6. The second-order valence-electron chi connectivity index (χ2n) is 5.11. The van der Waals surface area contributed by atoms with Crippen molar-refractivity contribution in [1.29, 1.82) is 0 Å². The third-order valence-electron chi connectivity index (χ3n) is 4.26. The third kappa shape index (κ3) is 2.12. The summed E-state index contributed by atoms with van der Waals surface area (Å²) < 4.78 is 0. The molecule has 0 bridgehead atoms. The molecular weight excluding hydrogens is 262 g/mol. The molecule has 102 valence electrons. The Balaban J connectivity index is 0.00000180. The summed E-state index contributed by atoms with van der Waals surface area (Å²) in [5.74, 6) is -0.267. The predicted octanol–water partition coefficient (Wildman–Crippen LogP) is 2.89. The molecule has 0 N–H and O–H groups in total. The van der Waals surface area contributed by atoms with E-state index in [-0.39, 0.29) is 29.9 Å². The van der Waals surface area contributed by atoms with Crippen LogP contribution in [0.3, 0.4) is 0 Å². The van der Waals surface area contributed by atoms with Crippen LogP contribution < -0.4 is 0 Å². The fourth-order valence-corrected chi connectivity index (χ4v) is 2.58. The topological polar surface area (TPSA) is 47.0 Å². The van der Waals surface area contributed by atoms with Crippen LogP contribution in [0.2, 0.25) is 0 Å². The van der Waals surface area contributed by atoms with Crippen molar-refractivity contribution >= 4 is 24.0 Å². The number of hydrogen-bond acceptors (Lipinski definition) is 3. The molecule has 0 spiro atoms. The number of carbonyl (C=O) groups is 2. The lowest BCUT2D eigenvalue weighted by atomic mass is 9.62. The maximum Gasteiger partial charge on any atom is 0.169 e. The van der Waals surface area contributed by atoms with Gasteiger partial charge in [-0.1, -0.05) is 13.0 Å². The summed E-state index contributed by atoms with van der Waals surface area (Å²) in [6, 6.07) is 3.66. The summed E-state index contributed by atoms with van der Waals surface area (Å²) in [6.07, 6.45) is 3.34. The number of hydrogen-bond donors (Lipinski definition) is 0. The first-order chi connectivity index (χ1) is 8.40. The van der Waals surface area contributed by atoms with E-state index in [2.05, 4.69) is 4.98 Å². The van der Waals surface area contributed by atoms with Crippen LogP contribution in [0, 0.1) is 5.92 Å². The van der Waals surface area contributed by atoms with Crippen LogP contribution in [0.25, 0.3) is 0 Å². The first-order valence-corrected chi connectivity index (χ1v) is 6.07. The molecule has 0 aliphatic heterocycles. The second kappa shape index (κ2) is 5.25. The minimum atomic E-state index is -0.797. The molecule has 2 unspecified atom stereocenters. The zero-order valence-electron chi connectivity index (χ0n) is 11.6. The number of rotatable bonds is 1. The average molecular weight is 280 g/mol. The number of aromatic nitrogens is 1. The molecule has 19 heavy (non-hydrogen) atoms. The monoisotopic (exact) mass is 279 g/mol. The van der Waals surface area contributed by atoms with Gasteiger partial charge in [0.15, 0.2) is 11.6 Å². The normalized spacial score (nSPS) is 27.3. The molecule has 0 fully saturated rings. The van der Waals surface area contributed by atoms with E-state index in [1.807, 2.05) is 19.9 Å². The van der Waals surface area contributed by atoms with Crippen molar-refractivity contribution in [3.8, 4) is 0 Å². The van der Waals surface area contributed by atoms with Crippen molar-refractivity contribution in [1.82, 2.24) is 4.98 Å². The van der Waals surface area contributed by atoms with Crippen LogP contribution in [0.15, 0.2) is 35.7 Å². The molecule has 2 rings (SSSR count). The third-order valence-corrected chi connectivity index (χ3v) is 4.26. The van der Waals surface area contributed by atoms with Gasteiger partial charge in [-0.2, -0.15) is 0 Å². The van der Waals surface area contributed by atoms with E-state index >= 15 is 0 Å². The Hall–Kier alpha value is -1.48. The molecule has 1 aliphatic carbocycles. The van der Waals surface area contributed by atoms with Gasteiger partial charge >= 0.3 is 0 Å². The second-order valence-corrected chi connectivity index (χ2v) is 5.11. The average Bonchev–Trinajstić information content (AvgIpc) is 2.42. The van der Waals surface area contributed by atoms with Gasteiger partial charge in [0.1, 0.15) is 0 Å². The first-order valence-electron chi connectivity index (χ1n) is 6.07. The Morgan fingerprint density at radius 2 is 1.84 bits per heavy atom. The minimum absolute atomic E-state index is 0. The SMILES string of the molecule is CC1=C(C)C(=O)C(C)(c2cccnc2)C(C)C1=O.Cl. The molecule has 2 atom stereocenters. The lowest BCUT2D eigenvalue weighted by molar-refractivity contribution is -0.131. The number of Topliss-reactive ketones (excluding diaryl/α,β-unsaturated/α-hetero) is 2. The summed E-state index contributed by atoms with van der Waals surface area (Å²) in [6.45, 7) is 7.12. The van der Waals surface area contributed by atoms with Gasteiger partial charge in [0.05, 0.1) is 5.41 Å². The van der Waals surface area contributed by atoms with Crippen molar-refractivity contribution in [3.63, 3.8) is 0 Å². The highest BCUT2D eigenvalue weighted by Gasteiger charge is 2.48. The fourth-order valence-electron chi connectivity index (χ4n) is 2.58. The molecular formula is C15H18ClNO2. The Morgan fingerprint density at radius 3 is 2.37 bits per heavy atom. The summed E-state index contributed by atoms with van der Waals surface area (Å²) in [5.41, 5.74) is 1.18. The van der Waals surface area contributed by atoms with Crippen LogP contribution in [0.4, 0.5) is 0 Å². The lowest BCUT2D eigenvalue weighted by Crippen LogP contribution is -2.47. The lowest BCUT2D eigenvalue weighted by Gasteiger charge is -2.38. The summed E-state index contributed by atoms with van der Waals surface area (Å²) >= 11 is 0. The highest BCUT2D eigenvalue weighted by Crippen LogP contribution is 2.40. The Morgan fingerprint density at radius 1 is 1.21 bits per heavy atom. The molecule has 0 saturated carbocycles. The standard InChI is InChI=1S/C15H17NO2.ClH/c1-9-10(2)14(18)15(4,11(3)13(9)17)12-6-5-7-16-8-12;/h5-8,11H,1-4H3;1H. The molecule has 3 nitrogen and oxygen atoms in total. The van der Waals surface area contributed by atoms with Gasteiger partial charge in [-0.25, -0.2) is 0 Å². The number of nitrogens with zero attached hydrogens (tertiary/aromatic N) is 1. The largest absolute Gasteiger partial charge is 0.294 e. The van der Waals surface area contributed by atoms with Crippen LogP contribution in [0.1, 0.15) is 33.3 Å². The van der Waals surface area contributed by atoms with Gasteiger partial charge in [-0.3, -0.25) is 14.6 Å². The van der Waals surface area contributed by atoms with Crippen molar-refractivity contribution < 1.29 is 9.59 Å². The quantitative estimate of drug-likeness (QED) is 0.794. The van der Waals surface area contributed by atoms with E-state index < -0.39 is 5.41 Å². The maximum atomic E-state index is 12.6. The highest BCUT2D eigenvalue weighted by molar-refractivity contribution is 6.17. The molecule has 1 aliphatic rings. The molecule has 1 aromatic rings. The van der Waals surface area contributed by atoms with Crippen LogP contribution in [-0.4, -0.2) is 16.6 Å². The van der Waals surface area contributed by atoms with Crippen molar-refractivity contribution in [3.05, 3.63) is 41.2 Å². The van der Waals surface area contributed by atoms with Gasteiger partial charge in [-0.05, 0) is 43.5 Å². The van der Waals surface area contributed by atoms with E-state index in [4.69, 9.17) is 0 Å². The van der Waals surface area contributed by atoms with E-state index in [9.17, 15) is 9.59 Å². The number of halogens is 1. The number of allylic oxidation sites excluding steroid dienone is 2. The number of carbonyl (C=O) groups excluding carboxylic acids is 2. The van der Waals surface area contributed by atoms with E-state index in [0.717, 1.165) is 5.56 Å². The predicted molar refractivity (Wildman–Crippen MR) is 76.4 cm³/mol. The van der Waals surface area contributed by atoms with Gasteiger partial charge < -0.3 is 0 Å². The summed E-state index contributed by atoms with van der Waals surface area (Å²) in [5, 5.41) is 0. The molecule has 0 saturated heterocycles. The summed E-state index contributed by atoms with van der Waals surface area (Å²) in [4.78, 5) is 28.9.